The molecule has 126 valence electrons. The van der Waals surface area contributed by atoms with E-state index in [1.165, 1.54) is 18.2 Å². The maximum atomic E-state index is 11.9. The van der Waals surface area contributed by atoms with E-state index in [0.717, 1.165) is 19.3 Å². The first-order valence-electron chi connectivity index (χ1n) is 7.91. The Morgan fingerprint density at radius 1 is 1.09 bits per heavy atom. The van der Waals surface area contributed by atoms with E-state index in [9.17, 15) is 4.57 Å². The monoisotopic (exact) mass is 328 g/mol. The summed E-state index contributed by atoms with van der Waals surface area (Å²) in [5, 5.41) is 0. The van der Waals surface area contributed by atoms with Gasteiger partial charge in [-0.05, 0) is 42.7 Å². The molecule has 0 amide bonds. The van der Waals surface area contributed by atoms with Gasteiger partial charge in [-0.3, -0.25) is 13.6 Å². The van der Waals surface area contributed by atoms with Crippen LogP contribution in [0.3, 0.4) is 0 Å². The number of aryl methyl sites for hydroxylation is 1. The largest absolute Gasteiger partial charge is 0.474 e. The summed E-state index contributed by atoms with van der Waals surface area (Å²) in [6.45, 7) is 9.14. The van der Waals surface area contributed by atoms with Gasteiger partial charge in [0.1, 0.15) is 0 Å². The van der Waals surface area contributed by atoms with E-state index >= 15 is 0 Å². The highest BCUT2D eigenvalue weighted by molar-refractivity contribution is 7.48. The summed E-state index contributed by atoms with van der Waals surface area (Å²) in [4.78, 5) is 0. The summed E-state index contributed by atoms with van der Waals surface area (Å²) in [6, 6.07) is 8.70. The zero-order valence-electron chi connectivity index (χ0n) is 14.4. The quantitative estimate of drug-likeness (QED) is 0.442. The predicted octanol–water partition coefficient (Wildman–Crippen LogP) is 5.11. The molecular formula is C17H29O4P. The van der Waals surface area contributed by atoms with Gasteiger partial charge in [-0.1, -0.05) is 45.0 Å². The van der Waals surface area contributed by atoms with Crippen molar-refractivity contribution in [3.8, 4) is 0 Å². The fourth-order valence-corrected chi connectivity index (χ4v) is 3.03. The number of phosphoric acid groups is 1. The van der Waals surface area contributed by atoms with Crippen LogP contribution in [0.15, 0.2) is 24.3 Å². The highest BCUT2D eigenvalue weighted by atomic mass is 31.2. The van der Waals surface area contributed by atoms with Crippen LogP contribution in [0, 0.1) is 0 Å². The third-order valence-electron chi connectivity index (χ3n) is 3.99. The third kappa shape index (κ3) is 5.85. The fraction of sp³-hybridized carbons (Fsp3) is 0.647. The molecule has 0 bridgehead atoms. The van der Waals surface area contributed by atoms with E-state index in [-0.39, 0.29) is 5.41 Å². The summed E-state index contributed by atoms with van der Waals surface area (Å²) in [5.41, 5.74) is 2.82. The zero-order valence-corrected chi connectivity index (χ0v) is 15.3. The first-order valence-corrected chi connectivity index (χ1v) is 9.37. The maximum Gasteiger partial charge on any atom is 0.474 e. The van der Waals surface area contributed by atoms with Gasteiger partial charge in [0.2, 0.25) is 0 Å². The summed E-state index contributed by atoms with van der Waals surface area (Å²) in [7, 11) is -2.02. The van der Waals surface area contributed by atoms with E-state index in [2.05, 4.69) is 45.0 Å². The van der Waals surface area contributed by atoms with Crippen molar-refractivity contribution in [2.45, 2.75) is 52.4 Å². The van der Waals surface area contributed by atoms with Crippen molar-refractivity contribution in [3.63, 3.8) is 0 Å². The molecule has 1 unspecified atom stereocenters. The molecule has 0 fully saturated rings. The molecular weight excluding hydrogens is 299 g/mol. The van der Waals surface area contributed by atoms with Crippen molar-refractivity contribution in [3.05, 3.63) is 35.4 Å². The van der Waals surface area contributed by atoms with E-state index in [0.29, 0.717) is 13.2 Å². The third-order valence-corrected chi connectivity index (χ3v) is 5.51. The highest BCUT2D eigenvalue weighted by Gasteiger charge is 2.23. The molecule has 0 aliphatic heterocycles. The molecule has 0 spiro atoms. The molecule has 1 rings (SSSR count). The summed E-state index contributed by atoms with van der Waals surface area (Å²) < 4.78 is 27.0. The van der Waals surface area contributed by atoms with Crippen LogP contribution in [0.2, 0.25) is 0 Å². The summed E-state index contributed by atoms with van der Waals surface area (Å²) in [6.07, 6.45) is 2.77. The molecule has 0 radical (unpaired) electrons. The highest BCUT2D eigenvalue weighted by Crippen LogP contribution is 2.48. The van der Waals surface area contributed by atoms with Crippen molar-refractivity contribution < 1.29 is 18.1 Å². The number of phosphoric ester groups is 1. The van der Waals surface area contributed by atoms with Gasteiger partial charge in [0, 0.05) is 7.11 Å². The summed E-state index contributed by atoms with van der Waals surface area (Å²) in [5.74, 6) is 0. The lowest BCUT2D eigenvalue weighted by Gasteiger charge is -2.23. The van der Waals surface area contributed by atoms with Gasteiger partial charge in [0.25, 0.3) is 0 Å². The van der Waals surface area contributed by atoms with Crippen LogP contribution in [0.25, 0.3) is 0 Å². The van der Waals surface area contributed by atoms with Crippen LogP contribution in [-0.2, 0) is 30.0 Å². The molecule has 0 aliphatic carbocycles. The van der Waals surface area contributed by atoms with Gasteiger partial charge in [-0.15, -0.1) is 0 Å². The Hall–Kier alpha value is -0.670. The van der Waals surface area contributed by atoms with Crippen LogP contribution in [-0.4, -0.2) is 20.3 Å². The Bertz CT molecular complexity index is 482. The molecule has 0 heterocycles. The molecule has 5 heteroatoms. The van der Waals surface area contributed by atoms with Crippen LogP contribution >= 0.6 is 7.82 Å². The van der Waals surface area contributed by atoms with Gasteiger partial charge >= 0.3 is 7.82 Å². The summed E-state index contributed by atoms with van der Waals surface area (Å²) >= 11 is 0. The van der Waals surface area contributed by atoms with Crippen molar-refractivity contribution in [2.75, 3.05) is 20.3 Å². The average molecular weight is 328 g/mol. The second-order valence-corrected chi connectivity index (χ2v) is 7.69. The molecule has 0 aliphatic rings. The van der Waals surface area contributed by atoms with Gasteiger partial charge in [0.15, 0.2) is 0 Å². The van der Waals surface area contributed by atoms with E-state index in [1.54, 1.807) is 6.92 Å². The zero-order chi connectivity index (χ0) is 16.6. The Labute approximate surface area is 134 Å². The SMILES string of the molecule is CCOP(=O)(OC)OCCCc1ccc(C(C)(C)CC)cc1. The molecule has 0 saturated heterocycles. The number of hydrogen-bond acceptors (Lipinski definition) is 4. The van der Waals surface area contributed by atoms with Gasteiger partial charge in [-0.25, -0.2) is 4.57 Å². The number of benzene rings is 1. The molecule has 1 aromatic carbocycles. The first-order chi connectivity index (χ1) is 10.4. The Balaban J connectivity index is 2.45. The van der Waals surface area contributed by atoms with E-state index < -0.39 is 7.82 Å². The van der Waals surface area contributed by atoms with Crippen molar-refractivity contribution >= 4 is 7.82 Å². The molecule has 22 heavy (non-hydrogen) atoms. The second-order valence-electron chi connectivity index (χ2n) is 5.92. The van der Waals surface area contributed by atoms with Crippen LogP contribution < -0.4 is 0 Å². The van der Waals surface area contributed by atoms with Crippen LogP contribution in [0.5, 0.6) is 0 Å². The van der Waals surface area contributed by atoms with Crippen LogP contribution in [0.4, 0.5) is 0 Å². The van der Waals surface area contributed by atoms with Gasteiger partial charge in [0.05, 0.1) is 13.2 Å². The van der Waals surface area contributed by atoms with Gasteiger partial charge < -0.3 is 0 Å². The van der Waals surface area contributed by atoms with E-state index in [4.69, 9.17) is 13.6 Å². The van der Waals surface area contributed by atoms with Gasteiger partial charge in [-0.2, -0.15) is 0 Å². The molecule has 0 aromatic heterocycles. The Kier molecular flexibility index (Phi) is 7.78. The lowest BCUT2D eigenvalue weighted by Crippen LogP contribution is -2.15. The smallest absolute Gasteiger partial charge is 0.290 e. The van der Waals surface area contributed by atoms with Crippen molar-refractivity contribution in [1.29, 1.82) is 0 Å². The normalized spacial score (nSPS) is 14.8. The average Bonchev–Trinajstić information content (AvgIpc) is 2.52. The second kappa shape index (κ2) is 8.83. The number of hydrogen-bond donors (Lipinski definition) is 0. The molecule has 1 aromatic rings. The lowest BCUT2D eigenvalue weighted by atomic mass is 9.82. The predicted molar refractivity (Wildman–Crippen MR) is 90.3 cm³/mol. The topological polar surface area (TPSA) is 44.8 Å². The maximum absolute atomic E-state index is 11.9. The molecule has 0 N–H and O–H groups in total. The first kappa shape index (κ1) is 19.4. The number of rotatable bonds is 10. The van der Waals surface area contributed by atoms with Crippen molar-refractivity contribution in [1.82, 2.24) is 0 Å². The van der Waals surface area contributed by atoms with Crippen LogP contribution in [0.1, 0.15) is 51.7 Å². The standard InChI is InChI=1S/C17H29O4P/c1-6-17(3,4)16-12-10-15(11-13-16)9-8-14-21-22(18,19-5)20-7-2/h10-13H,6-9,14H2,1-5H3. The Morgan fingerprint density at radius 3 is 2.23 bits per heavy atom. The molecule has 0 saturated carbocycles. The molecule has 1 atom stereocenters. The lowest BCUT2D eigenvalue weighted by molar-refractivity contribution is 0.135. The minimum atomic E-state index is -3.36. The molecule has 4 nitrogen and oxygen atoms in total. The van der Waals surface area contributed by atoms with E-state index in [1.807, 2.05) is 0 Å². The minimum absolute atomic E-state index is 0.213. The minimum Gasteiger partial charge on any atom is -0.290 e. The Morgan fingerprint density at radius 2 is 1.73 bits per heavy atom. The fourth-order valence-electron chi connectivity index (χ4n) is 2.08. The van der Waals surface area contributed by atoms with Crippen molar-refractivity contribution in [2.24, 2.45) is 0 Å².